The molecule has 2 aromatic heterocycles. The number of carbonyl (C=O) groups is 2. The molecule has 36 heavy (non-hydrogen) atoms. The summed E-state index contributed by atoms with van der Waals surface area (Å²) in [4.78, 5) is 29.1. The van der Waals surface area contributed by atoms with E-state index in [1.807, 2.05) is 12.1 Å². The van der Waals surface area contributed by atoms with Gasteiger partial charge < -0.3 is 25.4 Å². The van der Waals surface area contributed by atoms with Crippen molar-refractivity contribution in [2.45, 2.75) is 26.7 Å². The summed E-state index contributed by atoms with van der Waals surface area (Å²) in [6.07, 6.45) is 2.78. The monoisotopic (exact) mass is 496 g/mol. The lowest BCUT2D eigenvalue weighted by molar-refractivity contribution is -0.117. The lowest BCUT2D eigenvalue weighted by Crippen LogP contribution is -2.22. The smallest absolute Gasteiger partial charge is 0.273 e. The van der Waals surface area contributed by atoms with Crippen LogP contribution >= 0.6 is 0 Å². The first kappa shape index (κ1) is 26.5. The number of benzene rings is 1. The minimum absolute atomic E-state index is 0.0517. The fourth-order valence-corrected chi connectivity index (χ4v) is 3.25. The van der Waals surface area contributed by atoms with Gasteiger partial charge in [-0.2, -0.15) is 5.10 Å². The summed E-state index contributed by atoms with van der Waals surface area (Å²) >= 11 is 0. The molecule has 3 N–H and O–H groups in total. The molecule has 1 unspecified atom stereocenters. The van der Waals surface area contributed by atoms with Gasteiger partial charge in [0.25, 0.3) is 5.91 Å². The van der Waals surface area contributed by atoms with Crippen LogP contribution in [-0.4, -0.2) is 64.1 Å². The van der Waals surface area contributed by atoms with Gasteiger partial charge in [0.1, 0.15) is 6.33 Å². The fraction of sp³-hybridized carbons (Fsp3) is 0.417. The van der Waals surface area contributed by atoms with E-state index in [4.69, 9.17) is 9.47 Å². The summed E-state index contributed by atoms with van der Waals surface area (Å²) in [5, 5.41) is 20.8. The number of carbonyl (C=O) groups excluding carboxylic acids is 2. The van der Waals surface area contributed by atoms with Crippen LogP contribution in [0.2, 0.25) is 0 Å². The number of anilines is 3. The zero-order chi connectivity index (χ0) is 26.1. The summed E-state index contributed by atoms with van der Waals surface area (Å²) in [6, 6.07) is 6.97. The van der Waals surface area contributed by atoms with Gasteiger partial charge in [-0.15, -0.1) is 10.2 Å². The van der Waals surface area contributed by atoms with E-state index in [-0.39, 0.29) is 23.8 Å². The molecule has 0 saturated carbocycles. The van der Waals surface area contributed by atoms with Gasteiger partial charge in [0, 0.05) is 26.8 Å². The number of methoxy groups -OCH3 is 1. The molecule has 0 aliphatic rings. The number of ether oxygens (including phenoxy) is 2. The Morgan fingerprint density at radius 3 is 2.67 bits per heavy atom. The quantitative estimate of drug-likeness (QED) is 0.322. The van der Waals surface area contributed by atoms with Crippen LogP contribution in [0.15, 0.2) is 30.6 Å². The van der Waals surface area contributed by atoms with Crippen molar-refractivity contribution in [1.82, 2.24) is 30.3 Å². The molecule has 0 spiro atoms. The van der Waals surface area contributed by atoms with Gasteiger partial charge in [-0.25, -0.2) is 4.98 Å². The lowest BCUT2D eigenvalue weighted by atomic mass is 10.1. The highest BCUT2D eigenvalue weighted by molar-refractivity contribution is 5.99. The molecule has 0 saturated heterocycles. The van der Waals surface area contributed by atoms with Crippen molar-refractivity contribution in [1.29, 1.82) is 0 Å². The highest BCUT2D eigenvalue weighted by Gasteiger charge is 2.19. The predicted molar refractivity (Wildman–Crippen MR) is 135 cm³/mol. The Hall–Kier alpha value is -4.06. The summed E-state index contributed by atoms with van der Waals surface area (Å²) in [5.41, 5.74) is 1.60. The Morgan fingerprint density at radius 2 is 2.00 bits per heavy atom. The summed E-state index contributed by atoms with van der Waals surface area (Å²) in [6.45, 7) is 5.09. The van der Waals surface area contributed by atoms with Crippen molar-refractivity contribution in [3.05, 3.63) is 36.3 Å². The van der Waals surface area contributed by atoms with E-state index < -0.39 is 5.91 Å². The van der Waals surface area contributed by atoms with Crippen LogP contribution in [0.3, 0.4) is 0 Å². The molecule has 3 rings (SSSR count). The third-order valence-corrected chi connectivity index (χ3v) is 5.41. The van der Waals surface area contributed by atoms with Crippen LogP contribution in [0.4, 0.5) is 17.2 Å². The number of hydrogen-bond donors (Lipinski definition) is 3. The minimum atomic E-state index is -0.442. The molecule has 0 aliphatic heterocycles. The van der Waals surface area contributed by atoms with Gasteiger partial charge in [-0.3, -0.25) is 14.3 Å². The molecule has 12 heteroatoms. The predicted octanol–water partition coefficient (Wildman–Crippen LogP) is 2.78. The molecule has 12 nitrogen and oxygen atoms in total. The number of nitrogens with one attached hydrogen (secondary N) is 3. The highest BCUT2D eigenvalue weighted by atomic mass is 16.5. The van der Waals surface area contributed by atoms with Crippen LogP contribution in [0.25, 0.3) is 11.4 Å². The third kappa shape index (κ3) is 6.75. The second-order valence-electron chi connectivity index (χ2n) is 8.21. The first-order valence-corrected chi connectivity index (χ1v) is 11.6. The van der Waals surface area contributed by atoms with Gasteiger partial charge in [0.15, 0.2) is 23.1 Å². The van der Waals surface area contributed by atoms with Gasteiger partial charge >= 0.3 is 0 Å². The maximum atomic E-state index is 12.4. The summed E-state index contributed by atoms with van der Waals surface area (Å²) in [7, 11) is 4.81. The first-order valence-electron chi connectivity index (χ1n) is 11.6. The zero-order valence-corrected chi connectivity index (χ0v) is 21.2. The number of nitrogens with zero attached hydrogens (tertiary/aromatic N) is 5. The average molecular weight is 497 g/mol. The molecule has 1 atom stereocenters. The number of aromatic nitrogens is 5. The Balaban J connectivity index is 1.83. The number of aryl methyl sites for hydroxylation is 1. The molecule has 2 heterocycles. The Bertz CT molecular complexity index is 1200. The van der Waals surface area contributed by atoms with Crippen molar-refractivity contribution >= 4 is 29.0 Å². The Labute approximate surface area is 209 Å². The van der Waals surface area contributed by atoms with E-state index in [1.165, 1.54) is 14.2 Å². The lowest BCUT2D eigenvalue weighted by Gasteiger charge is -2.16. The van der Waals surface area contributed by atoms with E-state index >= 15 is 0 Å². The summed E-state index contributed by atoms with van der Waals surface area (Å²) in [5.74, 6) is 0.886. The number of rotatable bonds is 12. The topological polar surface area (TPSA) is 145 Å². The van der Waals surface area contributed by atoms with Crippen LogP contribution in [0.1, 0.15) is 37.2 Å². The fourth-order valence-electron chi connectivity index (χ4n) is 3.25. The maximum Gasteiger partial charge on any atom is 0.273 e. The van der Waals surface area contributed by atoms with Crippen molar-refractivity contribution in [2.24, 2.45) is 13.0 Å². The molecule has 0 radical (unpaired) electrons. The first-order chi connectivity index (χ1) is 17.4. The third-order valence-electron chi connectivity index (χ3n) is 5.41. The second-order valence-corrected chi connectivity index (χ2v) is 8.21. The van der Waals surface area contributed by atoms with Gasteiger partial charge in [-0.1, -0.05) is 26.3 Å². The Kier molecular flexibility index (Phi) is 9.28. The molecule has 192 valence electrons. The largest absolute Gasteiger partial charge is 0.494 e. The molecule has 0 aliphatic carbocycles. The van der Waals surface area contributed by atoms with Crippen molar-refractivity contribution < 1.29 is 19.1 Å². The van der Waals surface area contributed by atoms with Crippen LogP contribution in [0, 0.1) is 5.92 Å². The number of amides is 2. The molecule has 0 bridgehead atoms. The van der Waals surface area contributed by atoms with Crippen molar-refractivity contribution in [2.75, 3.05) is 38.0 Å². The Morgan fingerprint density at radius 1 is 1.19 bits per heavy atom. The van der Waals surface area contributed by atoms with Crippen LogP contribution in [0.5, 0.6) is 5.75 Å². The summed E-state index contributed by atoms with van der Waals surface area (Å²) < 4.78 is 12.8. The van der Waals surface area contributed by atoms with E-state index in [1.54, 1.807) is 30.2 Å². The van der Waals surface area contributed by atoms with Crippen LogP contribution in [-0.2, 0) is 16.6 Å². The molecule has 1 aromatic carbocycles. The molecule has 0 fully saturated rings. The van der Waals surface area contributed by atoms with E-state index in [0.717, 1.165) is 6.42 Å². The van der Waals surface area contributed by atoms with Crippen molar-refractivity contribution in [3.8, 4) is 17.1 Å². The highest BCUT2D eigenvalue weighted by Crippen LogP contribution is 2.37. The van der Waals surface area contributed by atoms with Gasteiger partial charge in [-0.05, 0) is 18.1 Å². The second kappa shape index (κ2) is 12.6. The molecular formula is C24H32N8O4. The van der Waals surface area contributed by atoms with Gasteiger partial charge in [0.05, 0.1) is 37.1 Å². The average Bonchev–Trinajstić information content (AvgIpc) is 3.32. The van der Waals surface area contributed by atoms with Crippen molar-refractivity contribution in [3.63, 3.8) is 0 Å². The number of hydrogen-bond acceptors (Lipinski definition) is 9. The van der Waals surface area contributed by atoms with E-state index in [9.17, 15) is 9.59 Å². The molecular weight excluding hydrogens is 464 g/mol. The van der Waals surface area contributed by atoms with Gasteiger partial charge in [0.2, 0.25) is 5.91 Å². The minimum Gasteiger partial charge on any atom is -0.494 e. The molecule has 2 amide bonds. The molecule has 3 aromatic rings. The van der Waals surface area contributed by atoms with Crippen LogP contribution < -0.4 is 20.7 Å². The zero-order valence-electron chi connectivity index (χ0n) is 21.2. The van der Waals surface area contributed by atoms with E-state index in [2.05, 4.69) is 50.1 Å². The standard InChI is InChI=1S/C24H32N8O4/c1-6-15(2)13-36-11-10-20(33)28-19-12-18(21(30-29-19)24(34)25-3)27-17-9-7-8-16(22(17)35-5)23-26-14-32(4)31-23/h7-9,12,14-15H,6,10-11,13H2,1-5H3,(H,25,34)(H2,27,28,29,33). The SMILES string of the molecule is CCC(C)COCCC(=O)Nc1cc(Nc2cccc(-c3ncn(C)n3)c2OC)c(C(=O)NC)nn1. The number of para-hydroxylation sites is 1. The maximum absolute atomic E-state index is 12.4. The normalized spacial score (nSPS) is 11.6. The van der Waals surface area contributed by atoms with E-state index in [0.29, 0.717) is 47.6 Å².